The number of thioether (sulfide) groups is 1. The molecular weight excluding hydrogens is 365 g/mol. The van der Waals surface area contributed by atoms with Gasteiger partial charge in [0.15, 0.2) is 0 Å². The van der Waals surface area contributed by atoms with Crippen molar-refractivity contribution < 1.29 is 22.8 Å². The van der Waals surface area contributed by atoms with Crippen molar-refractivity contribution in [2.75, 3.05) is 23.7 Å². The average Bonchev–Trinajstić information content (AvgIpc) is 2.91. The quantitative estimate of drug-likeness (QED) is 0.791. The Labute approximate surface area is 154 Å². The lowest BCUT2D eigenvalue weighted by atomic mass is 10.00. The maximum atomic E-state index is 13.0. The summed E-state index contributed by atoms with van der Waals surface area (Å²) in [4.78, 5) is 27.3. The summed E-state index contributed by atoms with van der Waals surface area (Å²) in [5, 5.41) is 0. The third-order valence-corrected chi connectivity index (χ3v) is 6.43. The lowest BCUT2D eigenvalue weighted by Gasteiger charge is -2.44. The largest absolute Gasteiger partial charge is 0.416 e. The SMILES string of the molecule is CCCC(=O)N1CCC2(CC1)SCC(=O)N2c1cccc(C(F)(F)F)c1. The van der Waals surface area contributed by atoms with Gasteiger partial charge in [-0.2, -0.15) is 13.2 Å². The number of carbonyl (C=O) groups is 2. The maximum absolute atomic E-state index is 13.0. The topological polar surface area (TPSA) is 40.6 Å². The Morgan fingerprint density at radius 1 is 1.27 bits per heavy atom. The molecule has 0 aliphatic carbocycles. The van der Waals surface area contributed by atoms with Crippen LogP contribution in [0.2, 0.25) is 0 Å². The number of halogens is 3. The van der Waals surface area contributed by atoms with Crippen LogP contribution in [0, 0.1) is 0 Å². The second-order valence-electron chi connectivity index (χ2n) is 6.64. The maximum Gasteiger partial charge on any atom is 0.416 e. The van der Waals surface area contributed by atoms with Crippen LogP contribution in [-0.4, -0.2) is 40.4 Å². The van der Waals surface area contributed by atoms with E-state index in [0.29, 0.717) is 32.4 Å². The molecule has 3 rings (SSSR count). The minimum absolute atomic E-state index is 0.0993. The standard InChI is InChI=1S/C18H21F3N2O2S/c1-2-4-15(24)22-9-7-17(8-10-22)23(16(25)12-26-17)14-6-3-5-13(11-14)18(19,20)21/h3,5-6,11H,2,4,7-10,12H2,1H3. The Morgan fingerprint density at radius 2 is 1.96 bits per heavy atom. The van der Waals surface area contributed by atoms with Gasteiger partial charge >= 0.3 is 6.18 Å². The van der Waals surface area contributed by atoms with Crippen molar-refractivity contribution in [2.24, 2.45) is 0 Å². The average molecular weight is 386 g/mol. The first-order valence-electron chi connectivity index (χ1n) is 8.69. The highest BCUT2D eigenvalue weighted by Gasteiger charge is 2.49. The van der Waals surface area contributed by atoms with Crippen LogP contribution < -0.4 is 4.90 Å². The summed E-state index contributed by atoms with van der Waals surface area (Å²) in [5.74, 6) is 0.170. The Hall–Kier alpha value is -1.70. The highest BCUT2D eigenvalue weighted by atomic mass is 32.2. The molecule has 0 unspecified atom stereocenters. The van der Waals surface area contributed by atoms with E-state index in [1.165, 1.54) is 22.7 Å². The first-order valence-corrected chi connectivity index (χ1v) is 9.67. The number of nitrogens with zero attached hydrogens (tertiary/aromatic N) is 2. The van der Waals surface area contributed by atoms with Crippen molar-refractivity contribution in [1.29, 1.82) is 0 Å². The van der Waals surface area contributed by atoms with Crippen molar-refractivity contribution in [1.82, 2.24) is 4.90 Å². The number of piperidine rings is 1. The predicted octanol–water partition coefficient (Wildman–Crippen LogP) is 3.90. The Kier molecular flexibility index (Phi) is 5.23. The van der Waals surface area contributed by atoms with E-state index >= 15 is 0 Å². The van der Waals surface area contributed by atoms with E-state index in [1.807, 2.05) is 6.92 Å². The molecule has 0 saturated carbocycles. The summed E-state index contributed by atoms with van der Waals surface area (Å²) in [6.45, 7) is 2.99. The van der Waals surface area contributed by atoms with Gasteiger partial charge in [-0.25, -0.2) is 0 Å². The number of hydrogen-bond acceptors (Lipinski definition) is 3. The predicted molar refractivity (Wildman–Crippen MR) is 94.8 cm³/mol. The van der Waals surface area contributed by atoms with E-state index < -0.39 is 16.6 Å². The lowest BCUT2D eigenvalue weighted by molar-refractivity contribution is -0.137. The third kappa shape index (κ3) is 3.56. The Balaban J connectivity index is 1.83. The molecule has 2 fully saturated rings. The zero-order valence-electron chi connectivity index (χ0n) is 14.5. The number of anilines is 1. The molecule has 142 valence electrons. The second-order valence-corrected chi connectivity index (χ2v) is 7.98. The molecule has 2 aliphatic heterocycles. The summed E-state index contributed by atoms with van der Waals surface area (Å²) in [6.07, 6.45) is -2.04. The van der Waals surface area contributed by atoms with Gasteiger partial charge in [0, 0.05) is 25.2 Å². The summed E-state index contributed by atoms with van der Waals surface area (Å²) in [7, 11) is 0. The molecule has 4 nitrogen and oxygen atoms in total. The molecule has 1 spiro atoms. The number of alkyl halides is 3. The molecule has 26 heavy (non-hydrogen) atoms. The van der Waals surface area contributed by atoms with E-state index in [2.05, 4.69) is 0 Å². The number of hydrogen-bond donors (Lipinski definition) is 0. The third-order valence-electron chi connectivity index (χ3n) is 4.91. The number of carbonyl (C=O) groups excluding carboxylic acids is 2. The van der Waals surface area contributed by atoms with E-state index in [0.717, 1.165) is 18.6 Å². The fraction of sp³-hybridized carbons (Fsp3) is 0.556. The lowest BCUT2D eigenvalue weighted by Crippen LogP contribution is -2.53. The van der Waals surface area contributed by atoms with Gasteiger partial charge in [-0.1, -0.05) is 13.0 Å². The van der Waals surface area contributed by atoms with Crippen LogP contribution in [-0.2, 0) is 15.8 Å². The number of likely N-dealkylation sites (tertiary alicyclic amines) is 1. The normalized spacial score (nSPS) is 20.1. The molecule has 2 saturated heterocycles. The number of benzene rings is 1. The smallest absolute Gasteiger partial charge is 0.342 e. The van der Waals surface area contributed by atoms with E-state index in [-0.39, 0.29) is 23.3 Å². The zero-order chi connectivity index (χ0) is 18.9. The van der Waals surface area contributed by atoms with Crippen molar-refractivity contribution in [3.63, 3.8) is 0 Å². The molecule has 2 aliphatic rings. The molecule has 2 heterocycles. The van der Waals surface area contributed by atoms with Gasteiger partial charge in [-0.3, -0.25) is 14.5 Å². The molecule has 1 aromatic carbocycles. The minimum atomic E-state index is -4.45. The minimum Gasteiger partial charge on any atom is -0.342 e. The van der Waals surface area contributed by atoms with Crippen LogP contribution in [0.4, 0.5) is 18.9 Å². The second kappa shape index (κ2) is 7.13. The van der Waals surface area contributed by atoms with E-state index in [1.54, 1.807) is 11.0 Å². The molecule has 2 amide bonds. The van der Waals surface area contributed by atoms with Crippen LogP contribution in [0.5, 0.6) is 0 Å². The van der Waals surface area contributed by atoms with Gasteiger partial charge in [0.1, 0.15) is 0 Å². The van der Waals surface area contributed by atoms with E-state index in [9.17, 15) is 22.8 Å². The fourth-order valence-electron chi connectivity index (χ4n) is 3.60. The molecule has 0 atom stereocenters. The molecule has 0 N–H and O–H groups in total. The van der Waals surface area contributed by atoms with Crippen molar-refractivity contribution >= 4 is 29.3 Å². The Bertz CT molecular complexity index is 700. The monoisotopic (exact) mass is 386 g/mol. The number of rotatable bonds is 3. The summed E-state index contributed by atoms with van der Waals surface area (Å²) >= 11 is 1.47. The van der Waals surface area contributed by atoms with Crippen LogP contribution in [0.3, 0.4) is 0 Å². The summed E-state index contributed by atoms with van der Waals surface area (Å²) in [5.41, 5.74) is -0.478. The van der Waals surface area contributed by atoms with Gasteiger partial charge in [0.25, 0.3) is 0 Å². The Morgan fingerprint density at radius 3 is 2.58 bits per heavy atom. The van der Waals surface area contributed by atoms with Crippen molar-refractivity contribution in [3.8, 4) is 0 Å². The van der Waals surface area contributed by atoms with Crippen LogP contribution >= 0.6 is 11.8 Å². The van der Waals surface area contributed by atoms with Crippen LogP contribution in [0.15, 0.2) is 24.3 Å². The van der Waals surface area contributed by atoms with Gasteiger partial charge in [0.05, 0.1) is 16.2 Å². The van der Waals surface area contributed by atoms with Gasteiger partial charge in [-0.15, -0.1) is 11.8 Å². The van der Waals surface area contributed by atoms with Crippen LogP contribution in [0.1, 0.15) is 38.2 Å². The summed E-state index contributed by atoms with van der Waals surface area (Å²) < 4.78 is 39.1. The van der Waals surface area contributed by atoms with Gasteiger partial charge < -0.3 is 4.90 Å². The van der Waals surface area contributed by atoms with Crippen molar-refractivity contribution in [3.05, 3.63) is 29.8 Å². The molecule has 8 heteroatoms. The molecule has 0 bridgehead atoms. The fourth-order valence-corrected chi connectivity index (χ4v) is 4.93. The first-order chi connectivity index (χ1) is 12.3. The molecule has 0 aromatic heterocycles. The van der Waals surface area contributed by atoms with Gasteiger partial charge in [-0.05, 0) is 37.5 Å². The highest BCUT2D eigenvalue weighted by Crippen LogP contribution is 2.47. The molecular formula is C18H21F3N2O2S. The summed E-state index contributed by atoms with van der Waals surface area (Å²) in [6, 6.07) is 4.94. The molecule has 1 aromatic rings. The van der Waals surface area contributed by atoms with E-state index in [4.69, 9.17) is 0 Å². The molecule has 0 radical (unpaired) electrons. The van der Waals surface area contributed by atoms with Gasteiger partial charge in [0.2, 0.25) is 11.8 Å². The van der Waals surface area contributed by atoms with Crippen molar-refractivity contribution in [2.45, 2.75) is 43.7 Å². The van der Waals surface area contributed by atoms with Crippen LogP contribution in [0.25, 0.3) is 0 Å². The first kappa shape index (κ1) is 19.1. The number of amides is 2. The highest BCUT2D eigenvalue weighted by molar-refractivity contribution is 8.02. The zero-order valence-corrected chi connectivity index (χ0v) is 15.3.